The number of halogens is 13. The van der Waals surface area contributed by atoms with Crippen LogP contribution in [0.25, 0.3) is 0 Å². The molecule has 2 unspecified atom stereocenters. The monoisotopic (exact) mass is 734 g/mol. The molecule has 1 aliphatic rings. The van der Waals surface area contributed by atoms with Crippen molar-refractivity contribution in [3.05, 3.63) is 51.2 Å². The van der Waals surface area contributed by atoms with Crippen molar-refractivity contribution in [1.29, 1.82) is 0 Å². The molecule has 0 fully saturated rings. The van der Waals surface area contributed by atoms with Gasteiger partial charge in [0, 0.05) is 35.4 Å². The van der Waals surface area contributed by atoms with Crippen LogP contribution in [0.3, 0.4) is 0 Å². The fourth-order valence-corrected chi connectivity index (χ4v) is 4.69. The molecule has 0 spiro atoms. The summed E-state index contributed by atoms with van der Waals surface area (Å²) in [6, 6.07) is 4.71. The van der Waals surface area contributed by atoms with Crippen LogP contribution in [0.5, 0.6) is 0 Å². The predicted octanol–water partition coefficient (Wildman–Crippen LogP) is 8.30. The summed E-state index contributed by atoms with van der Waals surface area (Å²) in [6.45, 7) is 4.28. The van der Waals surface area contributed by atoms with Crippen LogP contribution in [0.1, 0.15) is 52.0 Å². The number of rotatable bonds is 14. The third-order valence-corrected chi connectivity index (χ3v) is 7.20. The summed E-state index contributed by atoms with van der Waals surface area (Å²) in [5.74, 6) is -43.6. The number of nitrogens with zero attached hydrogens (tertiary/aromatic N) is 2. The summed E-state index contributed by atoms with van der Waals surface area (Å²) < 4.78 is 184. The zero-order valence-corrected chi connectivity index (χ0v) is 25.6. The van der Waals surface area contributed by atoms with Crippen LogP contribution in [0, 0.1) is 22.0 Å². The lowest BCUT2D eigenvalue weighted by atomic mass is 9.75. The van der Waals surface area contributed by atoms with Crippen LogP contribution < -0.4 is 0 Å². The molecule has 21 heteroatoms. The molecule has 0 aromatic heterocycles. The van der Waals surface area contributed by atoms with Crippen molar-refractivity contribution >= 4 is 23.3 Å². The molecule has 1 heterocycles. The number of aliphatic imine (C=N–C) groups is 1. The number of esters is 2. The van der Waals surface area contributed by atoms with Gasteiger partial charge in [-0.25, -0.2) is 4.79 Å². The first kappa shape index (κ1) is 41.2. The molecule has 0 N–H and O–H groups in total. The predicted molar refractivity (Wildman–Crippen MR) is 142 cm³/mol. The quantitative estimate of drug-likeness (QED) is 0.0626. The van der Waals surface area contributed by atoms with Crippen LogP contribution in [0.15, 0.2) is 40.5 Å². The van der Waals surface area contributed by atoms with E-state index >= 15 is 0 Å². The summed E-state index contributed by atoms with van der Waals surface area (Å²) in [4.78, 5) is 41.4. The van der Waals surface area contributed by atoms with Crippen LogP contribution in [0.2, 0.25) is 0 Å². The number of nitro groups is 1. The maximum Gasteiger partial charge on any atom is 0.460 e. The molecule has 1 aliphatic heterocycles. The van der Waals surface area contributed by atoms with E-state index in [4.69, 9.17) is 9.47 Å². The standard InChI is InChI=1S/C28H27F13N2O6/c1-13(2)12-49-22(45)19-15(4)42-14(3)18(20(19)16-8-5-6-9-17(16)43(46)47)21(44)48-11-7-10-23(29,30)24(31,32)25(33,34)26(35,36)27(37,38)28(39,40)41/h5-6,8-9,13,19-20H,7,10-12H2,1-4H3. The van der Waals surface area contributed by atoms with Gasteiger partial charge in [-0.1, -0.05) is 32.0 Å². The van der Waals surface area contributed by atoms with Gasteiger partial charge in [-0.3, -0.25) is 19.9 Å². The number of hydrogen-bond acceptors (Lipinski definition) is 7. The first-order chi connectivity index (χ1) is 22.1. The van der Waals surface area contributed by atoms with Gasteiger partial charge in [0.15, 0.2) is 0 Å². The molecule has 1 aromatic carbocycles. The Morgan fingerprint density at radius 2 is 1.39 bits per heavy atom. The molecule has 1 aromatic rings. The Balaban J connectivity index is 2.40. The minimum Gasteiger partial charge on any atom is -0.465 e. The van der Waals surface area contributed by atoms with Crippen LogP contribution in [-0.4, -0.2) is 71.6 Å². The molecule has 276 valence electrons. The molecule has 0 radical (unpaired) electrons. The second-order valence-electron chi connectivity index (χ2n) is 11.3. The van der Waals surface area contributed by atoms with Gasteiger partial charge in [0.05, 0.1) is 23.7 Å². The maximum atomic E-state index is 14.2. The topological polar surface area (TPSA) is 108 Å². The van der Waals surface area contributed by atoms with Crippen molar-refractivity contribution < 1.29 is 81.1 Å². The number of hydrogen-bond donors (Lipinski definition) is 0. The van der Waals surface area contributed by atoms with Gasteiger partial charge in [0.1, 0.15) is 5.92 Å². The number of benzene rings is 1. The fourth-order valence-electron chi connectivity index (χ4n) is 4.69. The fraction of sp³-hybridized carbons (Fsp3) is 0.607. The Bertz CT molecular complexity index is 1490. The van der Waals surface area contributed by atoms with E-state index in [0.29, 0.717) is 0 Å². The lowest BCUT2D eigenvalue weighted by molar-refractivity contribution is -0.440. The summed E-state index contributed by atoms with van der Waals surface area (Å²) >= 11 is 0. The molecular weight excluding hydrogens is 707 g/mol. The van der Waals surface area contributed by atoms with Gasteiger partial charge < -0.3 is 9.47 Å². The molecular formula is C28H27F13N2O6. The second kappa shape index (κ2) is 14.1. The Morgan fingerprint density at radius 1 is 0.857 bits per heavy atom. The summed E-state index contributed by atoms with van der Waals surface area (Å²) in [5.41, 5.74) is -1.70. The van der Waals surface area contributed by atoms with Crippen molar-refractivity contribution in [1.82, 2.24) is 0 Å². The molecule has 49 heavy (non-hydrogen) atoms. The minimum atomic E-state index is -8.05. The van der Waals surface area contributed by atoms with Gasteiger partial charge in [-0.05, 0) is 26.2 Å². The van der Waals surface area contributed by atoms with E-state index in [2.05, 4.69) is 4.99 Å². The Labute approximate surface area is 268 Å². The minimum absolute atomic E-state index is 0.00154. The normalized spacial score (nSPS) is 18.4. The van der Waals surface area contributed by atoms with Gasteiger partial charge in [-0.15, -0.1) is 0 Å². The smallest absolute Gasteiger partial charge is 0.460 e. The number of nitro benzene ring substituents is 1. The average molecular weight is 735 g/mol. The molecule has 2 rings (SSSR count). The zero-order valence-electron chi connectivity index (χ0n) is 25.6. The molecule has 2 atom stereocenters. The van der Waals surface area contributed by atoms with Crippen molar-refractivity contribution in [2.24, 2.45) is 16.8 Å². The third kappa shape index (κ3) is 7.63. The van der Waals surface area contributed by atoms with E-state index < -0.39 is 95.2 Å². The molecule has 0 amide bonds. The van der Waals surface area contributed by atoms with E-state index in [1.54, 1.807) is 13.8 Å². The van der Waals surface area contributed by atoms with Crippen LogP contribution >= 0.6 is 0 Å². The molecule has 0 saturated carbocycles. The van der Waals surface area contributed by atoms with E-state index in [1.165, 1.54) is 26.0 Å². The Kier molecular flexibility index (Phi) is 11.9. The van der Waals surface area contributed by atoms with E-state index in [9.17, 15) is 76.8 Å². The lowest BCUT2D eigenvalue weighted by Gasteiger charge is -2.39. The van der Waals surface area contributed by atoms with Gasteiger partial charge >= 0.3 is 47.7 Å². The van der Waals surface area contributed by atoms with Gasteiger partial charge in [-0.2, -0.15) is 57.1 Å². The largest absolute Gasteiger partial charge is 0.465 e. The number of carbonyl (C=O) groups excluding carboxylic acids is 2. The average Bonchev–Trinajstić information content (AvgIpc) is 2.96. The zero-order chi connectivity index (χ0) is 38.1. The highest BCUT2D eigenvalue weighted by Gasteiger charge is 2.90. The number of para-hydroxylation sites is 1. The number of alkyl halides is 13. The summed E-state index contributed by atoms with van der Waals surface area (Å²) in [5, 5.41) is 11.8. The van der Waals surface area contributed by atoms with Crippen LogP contribution in [-0.2, 0) is 19.1 Å². The highest BCUT2D eigenvalue weighted by atomic mass is 19.4. The molecule has 0 aliphatic carbocycles. The molecule has 0 bridgehead atoms. The van der Waals surface area contributed by atoms with Gasteiger partial charge in [0.25, 0.3) is 5.69 Å². The maximum absolute atomic E-state index is 14.2. The summed E-state index contributed by atoms with van der Waals surface area (Å²) in [7, 11) is 0. The second-order valence-corrected chi connectivity index (χ2v) is 11.3. The van der Waals surface area contributed by atoms with Crippen LogP contribution in [0.4, 0.5) is 62.8 Å². The Morgan fingerprint density at radius 3 is 1.90 bits per heavy atom. The molecule has 8 nitrogen and oxygen atoms in total. The number of carbonyl (C=O) groups is 2. The highest BCUT2D eigenvalue weighted by Crippen LogP contribution is 2.60. The van der Waals surface area contributed by atoms with E-state index in [-0.39, 0.29) is 29.5 Å². The lowest BCUT2D eigenvalue weighted by Crippen LogP contribution is -2.70. The van der Waals surface area contributed by atoms with E-state index in [0.717, 1.165) is 12.1 Å². The van der Waals surface area contributed by atoms with Crippen molar-refractivity contribution in [2.75, 3.05) is 13.2 Å². The van der Waals surface area contributed by atoms with Crippen molar-refractivity contribution in [3.8, 4) is 0 Å². The third-order valence-electron chi connectivity index (χ3n) is 7.20. The van der Waals surface area contributed by atoms with Crippen molar-refractivity contribution in [2.45, 2.75) is 82.2 Å². The van der Waals surface area contributed by atoms with E-state index in [1.807, 2.05) is 0 Å². The summed E-state index contributed by atoms with van der Waals surface area (Å²) in [6.07, 6.45) is -11.7. The Hall–Kier alpha value is -3.94. The number of allylic oxidation sites excluding steroid dienone is 1. The number of ether oxygens (including phenoxy) is 2. The first-order valence-corrected chi connectivity index (χ1v) is 13.9. The highest BCUT2D eigenvalue weighted by molar-refractivity contribution is 6.07. The SMILES string of the molecule is CC1=NC(C)=C(C(=O)OCCCC(F)(F)C(F)(F)C(F)(F)C(F)(F)C(F)(F)C(F)(F)F)C(c2ccccc2[N+](=O)[O-])C1C(=O)OCC(C)C. The van der Waals surface area contributed by atoms with Crippen molar-refractivity contribution in [3.63, 3.8) is 0 Å². The molecule has 0 saturated heterocycles. The first-order valence-electron chi connectivity index (χ1n) is 13.9. The van der Waals surface area contributed by atoms with Gasteiger partial charge in [0.2, 0.25) is 0 Å².